The van der Waals surface area contributed by atoms with Crippen LogP contribution in [0.5, 0.6) is 0 Å². The van der Waals surface area contributed by atoms with Crippen LogP contribution in [-0.4, -0.2) is 5.78 Å². The van der Waals surface area contributed by atoms with E-state index in [-0.39, 0.29) is 0 Å². The standard InChI is InChI=1S/C17H30O/c1-4-15(18)11-14-10-12(2)8-9-16-13(3)6-5-7-17(14)16/h12-14,16-17H,4-11H2,1-3H3. The maximum Gasteiger partial charge on any atom is 0.132 e. The third-order valence-corrected chi connectivity index (χ3v) is 5.67. The lowest BCUT2D eigenvalue weighted by molar-refractivity contribution is -0.120. The first-order valence-electron chi connectivity index (χ1n) is 8.13. The van der Waals surface area contributed by atoms with Crippen molar-refractivity contribution in [2.45, 2.75) is 72.1 Å². The Labute approximate surface area is 113 Å². The average Bonchev–Trinajstić information content (AvgIpc) is 2.50. The number of carbonyl (C=O) groups is 1. The van der Waals surface area contributed by atoms with Gasteiger partial charge >= 0.3 is 0 Å². The van der Waals surface area contributed by atoms with Gasteiger partial charge in [0, 0.05) is 12.8 Å². The van der Waals surface area contributed by atoms with Crippen molar-refractivity contribution >= 4 is 5.78 Å². The van der Waals surface area contributed by atoms with Crippen LogP contribution in [0.3, 0.4) is 0 Å². The number of hydrogen-bond donors (Lipinski definition) is 0. The summed E-state index contributed by atoms with van der Waals surface area (Å²) < 4.78 is 0. The molecule has 2 rings (SSSR count). The van der Waals surface area contributed by atoms with Crippen molar-refractivity contribution in [2.24, 2.45) is 29.6 Å². The molecule has 0 heterocycles. The van der Waals surface area contributed by atoms with Crippen LogP contribution in [0.25, 0.3) is 0 Å². The van der Waals surface area contributed by atoms with Crippen molar-refractivity contribution in [3.8, 4) is 0 Å². The highest BCUT2D eigenvalue weighted by Crippen LogP contribution is 2.47. The van der Waals surface area contributed by atoms with Crippen molar-refractivity contribution in [3.63, 3.8) is 0 Å². The summed E-state index contributed by atoms with van der Waals surface area (Å²) in [6.07, 6.45) is 9.93. The fraction of sp³-hybridized carbons (Fsp3) is 0.941. The average molecular weight is 250 g/mol. The third kappa shape index (κ3) is 3.16. The molecule has 2 aliphatic rings. The van der Waals surface area contributed by atoms with E-state index in [1.165, 1.54) is 38.5 Å². The molecule has 2 saturated carbocycles. The summed E-state index contributed by atoms with van der Waals surface area (Å²) in [5.74, 6) is 4.69. The Kier molecular flexibility index (Phi) is 4.86. The number of rotatable bonds is 3. The molecule has 5 atom stereocenters. The quantitative estimate of drug-likeness (QED) is 0.700. The molecule has 0 N–H and O–H groups in total. The highest BCUT2D eigenvalue weighted by Gasteiger charge is 2.38. The smallest absolute Gasteiger partial charge is 0.132 e. The normalized spacial score (nSPS) is 40.9. The Balaban J connectivity index is 2.10. The lowest BCUT2D eigenvalue weighted by Gasteiger charge is -2.39. The van der Waals surface area contributed by atoms with Crippen LogP contribution >= 0.6 is 0 Å². The van der Waals surface area contributed by atoms with Gasteiger partial charge < -0.3 is 0 Å². The topological polar surface area (TPSA) is 17.1 Å². The van der Waals surface area contributed by atoms with E-state index in [2.05, 4.69) is 13.8 Å². The zero-order valence-corrected chi connectivity index (χ0v) is 12.5. The second kappa shape index (κ2) is 6.21. The van der Waals surface area contributed by atoms with Crippen LogP contribution in [0.4, 0.5) is 0 Å². The second-order valence-corrected chi connectivity index (χ2v) is 7.01. The molecule has 0 aromatic rings. The Morgan fingerprint density at radius 3 is 2.56 bits per heavy atom. The molecule has 2 aliphatic carbocycles. The van der Waals surface area contributed by atoms with Crippen LogP contribution in [0.15, 0.2) is 0 Å². The maximum atomic E-state index is 11.9. The molecule has 0 aliphatic heterocycles. The van der Waals surface area contributed by atoms with Crippen LogP contribution in [0, 0.1) is 29.6 Å². The number of Topliss-reactive ketones (excluding diaryl/α,β-unsaturated/α-hetero) is 1. The van der Waals surface area contributed by atoms with Gasteiger partial charge in [0.05, 0.1) is 0 Å². The fourth-order valence-corrected chi connectivity index (χ4v) is 4.57. The first kappa shape index (κ1) is 14.1. The summed E-state index contributed by atoms with van der Waals surface area (Å²) in [6.45, 7) is 6.86. The lowest BCUT2D eigenvalue weighted by atomic mass is 9.66. The highest BCUT2D eigenvalue weighted by molar-refractivity contribution is 5.78. The SMILES string of the molecule is CCC(=O)CC1CC(C)CCC2C(C)CCCC12. The summed E-state index contributed by atoms with van der Waals surface area (Å²) in [5.41, 5.74) is 0. The maximum absolute atomic E-state index is 11.9. The molecule has 0 saturated heterocycles. The van der Waals surface area contributed by atoms with Crippen LogP contribution in [-0.2, 0) is 4.79 Å². The predicted octanol–water partition coefficient (Wildman–Crippen LogP) is 4.84. The van der Waals surface area contributed by atoms with Crippen LogP contribution < -0.4 is 0 Å². The van der Waals surface area contributed by atoms with Gasteiger partial charge in [-0.2, -0.15) is 0 Å². The van der Waals surface area contributed by atoms with Gasteiger partial charge in [0.25, 0.3) is 0 Å². The van der Waals surface area contributed by atoms with Gasteiger partial charge in [-0.25, -0.2) is 0 Å². The zero-order chi connectivity index (χ0) is 13.1. The van der Waals surface area contributed by atoms with E-state index in [1.54, 1.807) is 0 Å². The van der Waals surface area contributed by atoms with Crippen LogP contribution in [0.1, 0.15) is 72.1 Å². The van der Waals surface area contributed by atoms with E-state index < -0.39 is 0 Å². The van der Waals surface area contributed by atoms with Crippen LogP contribution in [0.2, 0.25) is 0 Å². The molecule has 2 fully saturated rings. The van der Waals surface area contributed by atoms with Crippen molar-refractivity contribution < 1.29 is 4.79 Å². The molecule has 0 bridgehead atoms. The molecule has 0 aromatic heterocycles. The predicted molar refractivity (Wildman–Crippen MR) is 76.4 cm³/mol. The molecule has 0 spiro atoms. The van der Waals surface area contributed by atoms with Gasteiger partial charge in [-0.3, -0.25) is 4.79 Å². The molecule has 104 valence electrons. The second-order valence-electron chi connectivity index (χ2n) is 7.01. The molecule has 1 nitrogen and oxygen atoms in total. The van der Waals surface area contributed by atoms with Gasteiger partial charge in [0.2, 0.25) is 0 Å². The number of hydrogen-bond acceptors (Lipinski definition) is 1. The van der Waals surface area contributed by atoms with E-state index in [4.69, 9.17) is 0 Å². The van der Waals surface area contributed by atoms with E-state index >= 15 is 0 Å². The summed E-state index contributed by atoms with van der Waals surface area (Å²) in [5, 5.41) is 0. The van der Waals surface area contributed by atoms with Gasteiger partial charge in [-0.15, -0.1) is 0 Å². The number of carbonyl (C=O) groups excluding carboxylic acids is 1. The van der Waals surface area contributed by atoms with Gasteiger partial charge in [-0.05, 0) is 48.9 Å². The minimum Gasteiger partial charge on any atom is -0.300 e. The molecule has 5 unspecified atom stereocenters. The van der Waals surface area contributed by atoms with Crippen molar-refractivity contribution in [3.05, 3.63) is 0 Å². The first-order valence-corrected chi connectivity index (χ1v) is 8.13. The number of fused-ring (bicyclic) bond motifs is 1. The van der Waals surface area contributed by atoms with Gasteiger partial charge in [0.1, 0.15) is 5.78 Å². The highest BCUT2D eigenvalue weighted by atomic mass is 16.1. The monoisotopic (exact) mass is 250 g/mol. The molecule has 0 aromatic carbocycles. The first-order chi connectivity index (χ1) is 8.61. The molecule has 0 amide bonds. The van der Waals surface area contributed by atoms with E-state index in [0.29, 0.717) is 11.7 Å². The largest absolute Gasteiger partial charge is 0.300 e. The molecular formula is C17H30O. The summed E-state index contributed by atoms with van der Waals surface area (Å²) in [7, 11) is 0. The fourth-order valence-electron chi connectivity index (χ4n) is 4.57. The van der Waals surface area contributed by atoms with Crippen molar-refractivity contribution in [1.29, 1.82) is 0 Å². The Bertz CT molecular complexity index is 283. The minimum absolute atomic E-state index is 0.492. The van der Waals surface area contributed by atoms with Gasteiger partial charge in [-0.1, -0.05) is 40.0 Å². The Hall–Kier alpha value is -0.330. The Morgan fingerprint density at radius 1 is 1.06 bits per heavy atom. The van der Waals surface area contributed by atoms with E-state index in [9.17, 15) is 4.79 Å². The Morgan fingerprint density at radius 2 is 1.83 bits per heavy atom. The van der Waals surface area contributed by atoms with Crippen molar-refractivity contribution in [1.82, 2.24) is 0 Å². The zero-order valence-electron chi connectivity index (χ0n) is 12.5. The lowest BCUT2D eigenvalue weighted by Crippen LogP contribution is -2.31. The molecular weight excluding hydrogens is 220 g/mol. The third-order valence-electron chi connectivity index (χ3n) is 5.67. The number of ketones is 1. The van der Waals surface area contributed by atoms with Crippen molar-refractivity contribution in [2.75, 3.05) is 0 Å². The summed E-state index contributed by atoms with van der Waals surface area (Å²) in [4.78, 5) is 11.9. The van der Waals surface area contributed by atoms with E-state index in [0.717, 1.165) is 36.5 Å². The molecule has 18 heavy (non-hydrogen) atoms. The minimum atomic E-state index is 0.492. The van der Waals surface area contributed by atoms with Gasteiger partial charge in [0.15, 0.2) is 0 Å². The molecule has 0 radical (unpaired) electrons. The summed E-state index contributed by atoms with van der Waals surface area (Å²) in [6, 6.07) is 0. The molecule has 1 heteroatoms. The summed E-state index contributed by atoms with van der Waals surface area (Å²) >= 11 is 0. The van der Waals surface area contributed by atoms with E-state index in [1.807, 2.05) is 6.92 Å².